The summed E-state index contributed by atoms with van der Waals surface area (Å²) in [5.74, 6) is -0.255. The summed E-state index contributed by atoms with van der Waals surface area (Å²) in [7, 11) is 0. The monoisotopic (exact) mass is 283 g/mol. The standard InChI is InChI=1S/C11H17N5O4/c17-10(18)5-8-6-20-4-3-16(8)11(19)12-2-1-9-13-7-14-15-9/h7-8H,1-6H2,(H,12,19)(H,17,18)(H,13,14,15). The van der Waals surface area contributed by atoms with Crippen molar-refractivity contribution >= 4 is 12.0 Å². The first-order valence-electron chi connectivity index (χ1n) is 6.35. The summed E-state index contributed by atoms with van der Waals surface area (Å²) in [6.45, 7) is 1.48. The molecule has 9 nitrogen and oxygen atoms in total. The van der Waals surface area contributed by atoms with E-state index < -0.39 is 12.0 Å². The number of ether oxygens (including phenoxy) is 1. The Kier molecular flexibility index (Phi) is 4.88. The number of carbonyl (C=O) groups is 2. The molecule has 110 valence electrons. The number of rotatable bonds is 5. The number of hydrogen-bond donors (Lipinski definition) is 3. The van der Waals surface area contributed by atoms with E-state index in [0.29, 0.717) is 31.9 Å². The van der Waals surface area contributed by atoms with Gasteiger partial charge in [0.25, 0.3) is 0 Å². The van der Waals surface area contributed by atoms with Crippen molar-refractivity contribution in [3.63, 3.8) is 0 Å². The van der Waals surface area contributed by atoms with Gasteiger partial charge in [-0.2, -0.15) is 5.10 Å². The van der Waals surface area contributed by atoms with Crippen molar-refractivity contribution in [2.24, 2.45) is 0 Å². The molecule has 0 radical (unpaired) electrons. The first-order chi connectivity index (χ1) is 9.66. The lowest BCUT2D eigenvalue weighted by atomic mass is 10.1. The lowest BCUT2D eigenvalue weighted by Gasteiger charge is -2.34. The van der Waals surface area contributed by atoms with Gasteiger partial charge in [-0.3, -0.25) is 9.89 Å². The molecule has 1 saturated heterocycles. The zero-order valence-corrected chi connectivity index (χ0v) is 10.9. The number of aromatic nitrogens is 3. The summed E-state index contributed by atoms with van der Waals surface area (Å²) in [4.78, 5) is 28.3. The van der Waals surface area contributed by atoms with Crippen LogP contribution >= 0.6 is 0 Å². The molecule has 1 aromatic rings. The number of carboxylic acids is 1. The molecule has 2 amide bonds. The van der Waals surface area contributed by atoms with Crippen LogP contribution in [0.3, 0.4) is 0 Å². The number of carbonyl (C=O) groups excluding carboxylic acids is 1. The van der Waals surface area contributed by atoms with Gasteiger partial charge in [-0.25, -0.2) is 9.78 Å². The fourth-order valence-electron chi connectivity index (χ4n) is 2.03. The first kappa shape index (κ1) is 14.3. The Hall–Kier alpha value is -2.16. The van der Waals surface area contributed by atoms with E-state index in [2.05, 4.69) is 20.5 Å². The molecule has 1 aliphatic heterocycles. The molecule has 2 rings (SSSR count). The Bertz CT molecular complexity index is 450. The SMILES string of the molecule is O=C(O)CC1COCCN1C(=O)NCCc1ncn[nH]1. The van der Waals surface area contributed by atoms with Crippen LogP contribution < -0.4 is 5.32 Å². The number of nitrogens with zero attached hydrogens (tertiary/aromatic N) is 3. The second-order valence-corrected chi connectivity index (χ2v) is 4.43. The Morgan fingerprint density at radius 3 is 3.15 bits per heavy atom. The van der Waals surface area contributed by atoms with Crippen LogP contribution in [-0.4, -0.2) is 69.5 Å². The van der Waals surface area contributed by atoms with Gasteiger partial charge in [0.05, 0.1) is 25.7 Å². The van der Waals surface area contributed by atoms with E-state index in [1.54, 1.807) is 0 Å². The molecule has 0 spiro atoms. The number of urea groups is 1. The maximum absolute atomic E-state index is 12.0. The topological polar surface area (TPSA) is 120 Å². The molecule has 1 unspecified atom stereocenters. The summed E-state index contributed by atoms with van der Waals surface area (Å²) in [6, 6.07) is -0.703. The molecule has 9 heteroatoms. The van der Waals surface area contributed by atoms with Crippen molar-refractivity contribution in [3.8, 4) is 0 Å². The maximum Gasteiger partial charge on any atom is 0.317 e. The van der Waals surface area contributed by atoms with E-state index >= 15 is 0 Å². The van der Waals surface area contributed by atoms with Gasteiger partial charge in [-0.05, 0) is 0 Å². The predicted molar refractivity (Wildman–Crippen MR) is 67.1 cm³/mol. The number of carboxylic acid groups (broad SMARTS) is 1. The number of H-pyrrole nitrogens is 1. The molecule has 0 bridgehead atoms. The van der Waals surface area contributed by atoms with Crippen LogP contribution in [0.2, 0.25) is 0 Å². The minimum Gasteiger partial charge on any atom is -0.481 e. The maximum atomic E-state index is 12.0. The zero-order chi connectivity index (χ0) is 14.4. The molecule has 2 heterocycles. The Morgan fingerprint density at radius 2 is 2.45 bits per heavy atom. The van der Waals surface area contributed by atoms with E-state index in [1.807, 2.05) is 0 Å². The highest BCUT2D eigenvalue weighted by Crippen LogP contribution is 2.10. The van der Waals surface area contributed by atoms with E-state index in [9.17, 15) is 9.59 Å². The number of morpholine rings is 1. The lowest BCUT2D eigenvalue weighted by molar-refractivity contribution is -0.139. The summed E-state index contributed by atoms with van der Waals surface area (Å²) in [6.07, 6.45) is 1.83. The summed E-state index contributed by atoms with van der Waals surface area (Å²) in [5.41, 5.74) is 0. The van der Waals surface area contributed by atoms with E-state index in [0.717, 1.165) is 0 Å². The van der Waals surface area contributed by atoms with Crippen molar-refractivity contribution in [2.45, 2.75) is 18.9 Å². The molecular formula is C11H17N5O4. The van der Waals surface area contributed by atoms with Gasteiger partial charge in [-0.1, -0.05) is 0 Å². The molecule has 0 saturated carbocycles. The van der Waals surface area contributed by atoms with Crippen LogP contribution in [0.5, 0.6) is 0 Å². The largest absolute Gasteiger partial charge is 0.481 e. The van der Waals surface area contributed by atoms with Gasteiger partial charge < -0.3 is 20.1 Å². The highest BCUT2D eigenvalue weighted by Gasteiger charge is 2.28. The van der Waals surface area contributed by atoms with Crippen molar-refractivity contribution in [1.29, 1.82) is 0 Å². The van der Waals surface area contributed by atoms with Gasteiger partial charge in [0.1, 0.15) is 12.2 Å². The van der Waals surface area contributed by atoms with Gasteiger partial charge in [0.2, 0.25) is 0 Å². The Balaban J connectivity index is 1.81. The van der Waals surface area contributed by atoms with Crippen molar-refractivity contribution < 1.29 is 19.4 Å². The van der Waals surface area contributed by atoms with Gasteiger partial charge in [-0.15, -0.1) is 0 Å². The van der Waals surface area contributed by atoms with Crippen LogP contribution in [0.25, 0.3) is 0 Å². The third kappa shape index (κ3) is 3.92. The number of hydrogen-bond acceptors (Lipinski definition) is 5. The molecule has 1 aliphatic rings. The van der Waals surface area contributed by atoms with E-state index in [-0.39, 0.29) is 19.1 Å². The predicted octanol–water partition coefficient (Wildman–Crippen LogP) is -0.768. The highest BCUT2D eigenvalue weighted by atomic mass is 16.5. The minimum absolute atomic E-state index is 0.116. The lowest BCUT2D eigenvalue weighted by Crippen LogP contribution is -2.53. The summed E-state index contributed by atoms with van der Waals surface area (Å²) in [5, 5.41) is 18.0. The number of nitrogens with one attached hydrogen (secondary N) is 2. The summed E-state index contributed by atoms with van der Waals surface area (Å²) >= 11 is 0. The molecule has 20 heavy (non-hydrogen) atoms. The van der Waals surface area contributed by atoms with Crippen LogP contribution in [0, 0.1) is 0 Å². The normalized spacial score (nSPS) is 18.8. The van der Waals surface area contributed by atoms with Gasteiger partial charge >= 0.3 is 12.0 Å². The minimum atomic E-state index is -0.944. The second-order valence-electron chi connectivity index (χ2n) is 4.43. The summed E-state index contributed by atoms with van der Waals surface area (Å²) < 4.78 is 5.22. The molecule has 0 aromatic carbocycles. The quantitative estimate of drug-likeness (QED) is 0.652. The molecule has 3 N–H and O–H groups in total. The smallest absolute Gasteiger partial charge is 0.317 e. The molecule has 0 aliphatic carbocycles. The third-order valence-corrected chi connectivity index (χ3v) is 3.00. The third-order valence-electron chi connectivity index (χ3n) is 3.00. The molecule has 1 atom stereocenters. The Morgan fingerprint density at radius 1 is 1.60 bits per heavy atom. The molecule has 1 fully saturated rings. The van der Waals surface area contributed by atoms with E-state index in [4.69, 9.17) is 9.84 Å². The van der Waals surface area contributed by atoms with Crippen LogP contribution in [-0.2, 0) is 16.0 Å². The van der Waals surface area contributed by atoms with Crippen LogP contribution in [0.1, 0.15) is 12.2 Å². The van der Waals surface area contributed by atoms with Crippen molar-refractivity contribution in [2.75, 3.05) is 26.3 Å². The number of aromatic amines is 1. The average molecular weight is 283 g/mol. The second kappa shape index (κ2) is 6.85. The van der Waals surface area contributed by atoms with Crippen molar-refractivity contribution in [3.05, 3.63) is 12.2 Å². The molecular weight excluding hydrogens is 266 g/mol. The zero-order valence-electron chi connectivity index (χ0n) is 10.9. The van der Waals surface area contributed by atoms with Gasteiger partial charge in [0, 0.05) is 19.5 Å². The van der Waals surface area contributed by atoms with E-state index in [1.165, 1.54) is 11.2 Å². The van der Waals surface area contributed by atoms with Crippen LogP contribution in [0.15, 0.2) is 6.33 Å². The average Bonchev–Trinajstić information content (AvgIpc) is 2.91. The number of amides is 2. The Labute approximate surface area is 115 Å². The number of aliphatic carboxylic acids is 1. The van der Waals surface area contributed by atoms with Crippen LogP contribution in [0.4, 0.5) is 4.79 Å². The molecule has 1 aromatic heterocycles. The highest BCUT2D eigenvalue weighted by molar-refractivity contribution is 5.76. The fraction of sp³-hybridized carbons (Fsp3) is 0.636. The first-order valence-corrected chi connectivity index (χ1v) is 6.35. The van der Waals surface area contributed by atoms with Crippen molar-refractivity contribution in [1.82, 2.24) is 25.4 Å². The van der Waals surface area contributed by atoms with Gasteiger partial charge in [0.15, 0.2) is 0 Å². The fourth-order valence-corrected chi connectivity index (χ4v) is 2.03.